The van der Waals surface area contributed by atoms with Gasteiger partial charge in [0.05, 0.1) is 13.4 Å². The van der Waals surface area contributed by atoms with E-state index < -0.39 is 11.4 Å². The third kappa shape index (κ3) is 2.78. The Hall–Kier alpha value is -3.86. The van der Waals surface area contributed by atoms with Crippen LogP contribution in [0.25, 0.3) is 44.2 Å². The summed E-state index contributed by atoms with van der Waals surface area (Å²) in [5.74, 6) is -0.265. The molecular weight excluding hydrogens is 383 g/mol. The van der Waals surface area contributed by atoms with Crippen LogP contribution in [0.5, 0.6) is 5.75 Å². The van der Waals surface area contributed by atoms with Crippen LogP contribution >= 0.6 is 0 Å². The fraction of sp³-hybridized carbons (Fsp3) is 0.0800. The highest BCUT2D eigenvalue weighted by atomic mass is 19.1. The molecule has 0 aliphatic heterocycles. The van der Waals surface area contributed by atoms with E-state index in [9.17, 15) is 9.18 Å². The zero-order chi connectivity index (χ0) is 20.8. The van der Waals surface area contributed by atoms with Gasteiger partial charge < -0.3 is 13.6 Å². The second kappa shape index (κ2) is 6.88. The summed E-state index contributed by atoms with van der Waals surface area (Å²) in [5.41, 5.74) is 4.49. The van der Waals surface area contributed by atoms with Gasteiger partial charge in [-0.05, 0) is 41.8 Å². The van der Waals surface area contributed by atoms with Gasteiger partial charge in [0.15, 0.2) is 11.6 Å². The SMILES string of the molecule is COc1ccc(-c2coc3c(C)c4oc(=O)cc(-c5ccccc5)c4cc23)cc1F. The minimum Gasteiger partial charge on any atom is -0.494 e. The standard InChI is InChI=1S/C25H17FO4/c1-14-24-19(20(13-29-24)16-8-9-22(28-2)21(26)10-16)11-18-17(12-23(27)30-25(14)18)15-6-4-3-5-7-15/h3-13H,1-2H3. The molecule has 2 aromatic heterocycles. The van der Waals surface area contributed by atoms with Crippen molar-refractivity contribution in [3.8, 4) is 28.0 Å². The number of furan rings is 1. The van der Waals surface area contributed by atoms with Gasteiger partial charge in [-0.2, -0.15) is 0 Å². The number of methoxy groups -OCH3 is 1. The van der Waals surface area contributed by atoms with E-state index in [-0.39, 0.29) is 5.75 Å². The third-order valence-electron chi connectivity index (χ3n) is 5.35. The maximum absolute atomic E-state index is 14.3. The van der Waals surface area contributed by atoms with Gasteiger partial charge in [0.2, 0.25) is 0 Å². The highest BCUT2D eigenvalue weighted by Crippen LogP contribution is 2.39. The lowest BCUT2D eigenvalue weighted by Crippen LogP contribution is -1.99. The second-order valence-electron chi connectivity index (χ2n) is 7.10. The fourth-order valence-electron chi connectivity index (χ4n) is 3.89. The average molecular weight is 400 g/mol. The molecule has 30 heavy (non-hydrogen) atoms. The van der Waals surface area contributed by atoms with Crippen LogP contribution in [0.2, 0.25) is 0 Å². The first-order valence-corrected chi connectivity index (χ1v) is 9.45. The van der Waals surface area contributed by atoms with Crippen molar-refractivity contribution < 1.29 is 18.0 Å². The molecule has 0 fully saturated rings. The van der Waals surface area contributed by atoms with Crippen molar-refractivity contribution in [2.45, 2.75) is 6.92 Å². The summed E-state index contributed by atoms with van der Waals surface area (Å²) in [6.07, 6.45) is 1.60. The van der Waals surface area contributed by atoms with Gasteiger partial charge in [0.25, 0.3) is 0 Å². The summed E-state index contributed by atoms with van der Waals surface area (Å²) < 4.78 is 30.7. The van der Waals surface area contributed by atoms with Crippen molar-refractivity contribution in [1.29, 1.82) is 0 Å². The summed E-state index contributed by atoms with van der Waals surface area (Å²) in [4.78, 5) is 12.2. The Bertz CT molecular complexity index is 1460. The Labute approximate surface area is 171 Å². The fourth-order valence-corrected chi connectivity index (χ4v) is 3.89. The van der Waals surface area contributed by atoms with E-state index in [1.165, 1.54) is 19.2 Å². The molecule has 148 valence electrons. The molecule has 3 aromatic carbocycles. The minimum absolute atomic E-state index is 0.182. The molecule has 0 atom stereocenters. The Kier molecular flexibility index (Phi) is 4.17. The van der Waals surface area contributed by atoms with E-state index in [0.29, 0.717) is 16.7 Å². The first-order chi connectivity index (χ1) is 14.6. The molecule has 5 aromatic rings. The molecule has 2 heterocycles. The molecule has 0 amide bonds. The maximum Gasteiger partial charge on any atom is 0.336 e. The van der Waals surface area contributed by atoms with Gasteiger partial charge in [-0.3, -0.25) is 0 Å². The van der Waals surface area contributed by atoms with E-state index in [2.05, 4.69) is 0 Å². The van der Waals surface area contributed by atoms with Crippen LogP contribution in [0, 0.1) is 12.7 Å². The Morgan fingerprint density at radius 2 is 1.63 bits per heavy atom. The Morgan fingerprint density at radius 1 is 0.867 bits per heavy atom. The van der Waals surface area contributed by atoms with E-state index in [4.69, 9.17) is 13.6 Å². The highest BCUT2D eigenvalue weighted by Gasteiger charge is 2.18. The lowest BCUT2D eigenvalue weighted by atomic mass is 9.96. The lowest BCUT2D eigenvalue weighted by molar-refractivity contribution is 0.386. The molecule has 0 radical (unpaired) electrons. The van der Waals surface area contributed by atoms with E-state index in [1.807, 2.05) is 43.3 Å². The van der Waals surface area contributed by atoms with Crippen molar-refractivity contribution >= 4 is 21.9 Å². The Balaban J connectivity index is 1.83. The number of rotatable bonds is 3. The van der Waals surface area contributed by atoms with Gasteiger partial charge in [-0.25, -0.2) is 9.18 Å². The van der Waals surface area contributed by atoms with Crippen molar-refractivity contribution in [2.24, 2.45) is 0 Å². The van der Waals surface area contributed by atoms with Crippen LogP contribution in [0.15, 0.2) is 80.6 Å². The van der Waals surface area contributed by atoms with Crippen molar-refractivity contribution in [1.82, 2.24) is 0 Å². The molecule has 0 spiro atoms. The summed E-state index contributed by atoms with van der Waals surface area (Å²) in [6, 6.07) is 17.9. The second-order valence-corrected chi connectivity index (χ2v) is 7.10. The summed E-state index contributed by atoms with van der Waals surface area (Å²) >= 11 is 0. The zero-order valence-electron chi connectivity index (χ0n) is 16.4. The van der Waals surface area contributed by atoms with Gasteiger partial charge in [-0.15, -0.1) is 0 Å². The topological polar surface area (TPSA) is 52.6 Å². The van der Waals surface area contributed by atoms with Gasteiger partial charge in [-0.1, -0.05) is 36.4 Å². The highest BCUT2D eigenvalue weighted by molar-refractivity contribution is 6.08. The molecule has 5 rings (SSSR count). The first-order valence-electron chi connectivity index (χ1n) is 9.45. The van der Waals surface area contributed by atoms with Crippen LogP contribution in [-0.4, -0.2) is 7.11 Å². The summed E-state index contributed by atoms with van der Waals surface area (Å²) in [7, 11) is 1.43. The van der Waals surface area contributed by atoms with Crippen LogP contribution in [0.4, 0.5) is 4.39 Å². The van der Waals surface area contributed by atoms with E-state index >= 15 is 0 Å². The lowest BCUT2D eigenvalue weighted by Gasteiger charge is -2.09. The normalized spacial score (nSPS) is 11.3. The molecule has 0 aliphatic rings. The molecule has 0 bridgehead atoms. The van der Waals surface area contributed by atoms with Gasteiger partial charge in [0, 0.05) is 28.0 Å². The number of fused-ring (bicyclic) bond motifs is 2. The number of aryl methyl sites for hydroxylation is 1. The molecule has 4 nitrogen and oxygen atoms in total. The van der Waals surface area contributed by atoms with Gasteiger partial charge in [0.1, 0.15) is 11.2 Å². The molecule has 0 saturated heterocycles. The van der Waals surface area contributed by atoms with Crippen LogP contribution < -0.4 is 10.4 Å². The molecular formula is C25H17FO4. The minimum atomic E-state index is -0.446. The smallest absolute Gasteiger partial charge is 0.336 e. The molecule has 0 saturated carbocycles. The number of ether oxygens (including phenoxy) is 1. The van der Waals surface area contributed by atoms with E-state index in [1.54, 1.807) is 18.4 Å². The monoisotopic (exact) mass is 400 g/mol. The Morgan fingerprint density at radius 3 is 2.37 bits per heavy atom. The molecule has 0 unspecified atom stereocenters. The third-order valence-corrected chi connectivity index (χ3v) is 5.35. The number of halogens is 1. The molecule has 0 N–H and O–H groups in total. The first kappa shape index (κ1) is 18.2. The van der Waals surface area contributed by atoms with Gasteiger partial charge >= 0.3 is 5.63 Å². The van der Waals surface area contributed by atoms with Crippen molar-refractivity contribution in [2.75, 3.05) is 7.11 Å². The largest absolute Gasteiger partial charge is 0.494 e. The average Bonchev–Trinajstić information content (AvgIpc) is 3.19. The van der Waals surface area contributed by atoms with Crippen molar-refractivity contribution in [3.63, 3.8) is 0 Å². The quantitative estimate of drug-likeness (QED) is 0.332. The predicted molar refractivity (Wildman–Crippen MR) is 114 cm³/mol. The molecule has 5 heteroatoms. The van der Waals surface area contributed by atoms with Crippen LogP contribution in [-0.2, 0) is 0 Å². The zero-order valence-corrected chi connectivity index (χ0v) is 16.4. The number of benzene rings is 3. The van der Waals surface area contributed by atoms with Crippen LogP contribution in [0.3, 0.4) is 0 Å². The predicted octanol–water partition coefficient (Wildman–Crippen LogP) is 6.33. The maximum atomic E-state index is 14.3. The summed E-state index contributed by atoms with van der Waals surface area (Å²) in [6.45, 7) is 1.85. The van der Waals surface area contributed by atoms with Crippen LogP contribution in [0.1, 0.15) is 5.56 Å². The van der Waals surface area contributed by atoms with E-state index in [0.717, 1.165) is 33.0 Å². The molecule has 0 aliphatic carbocycles. The number of hydrogen-bond donors (Lipinski definition) is 0. The number of hydrogen-bond acceptors (Lipinski definition) is 4. The van der Waals surface area contributed by atoms with Crippen molar-refractivity contribution in [3.05, 3.63) is 88.7 Å². The summed E-state index contributed by atoms with van der Waals surface area (Å²) in [5, 5.41) is 1.61.